The van der Waals surface area contributed by atoms with Crippen LogP contribution in [0.25, 0.3) is 0 Å². The number of aliphatic imine (C=N–C) groups is 1. The molecule has 0 aliphatic rings. The number of rotatable bonds is 12. The average molecular weight is 477 g/mol. The third-order valence-electron chi connectivity index (χ3n) is 3.99. The maximum absolute atomic E-state index is 5.43. The van der Waals surface area contributed by atoms with E-state index in [1.807, 2.05) is 0 Å². The topological polar surface area (TPSA) is 54.9 Å². The fraction of sp³-hybridized carbons (Fsp3) is 0.650. The Hall–Kier alpha value is -0.860. The van der Waals surface area contributed by atoms with Crippen LogP contribution in [0.15, 0.2) is 29.3 Å². The van der Waals surface area contributed by atoms with Crippen molar-refractivity contribution >= 4 is 29.9 Å². The number of benzene rings is 1. The zero-order chi connectivity index (χ0) is 18.3. The molecule has 5 nitrogen and oxygen atoms in total. The van der Waals surface area contributed by atoms with Gasteiger partial charge in [-0.05, 0) is 36.3 Å². The number of methoxy groups -OCH3 is 1. The monoisotopic (exact) mass is 477 g/mol. The van der Waals surface area contributed by atoms with Gasteiger partial charge in [-0.2, -0.15) is 0 Å². The summed E-state index contributed by atoms with van der Waals surface area (Å²) >= 11 is 0. The maximum atomic E-state index is 5.43. The Morgan fingerprint density at radius 1 is 1.00 bits per heavy atom. The molecule has 0 saturated carbocycles. The van der Waals surface area contributed by atoms with Crippen molar-refractivity contribution in [1.82, 2.24) is 10.6 Å². The smallest absolute Gasteiger partial charge is 0.190 e. The standard InChI is InChI=1S/C20H35N3O2.HI/c1-17(2)19-10-8-18(9-11-19)7-5-12-22-20(21-3)23-13-6-14-25-16-15-24-4;/h8-11,17H,5-7,12-16H2,1-4H3,(H2,21,22,23);1H. The number of hydrogen-bond donors (Lipinski definition) is 2. The van der Waals surface area contributed by atoms with E-state index in [2.05, 4.69) is 53.7 Å². The summed E-state index contributed by atoms with van der Waals surface area (Å²) in [5.41, 5.74) is 2.79. The SMILES string of the molecule is CN=C(NCCCOCCOC)NCCCc1ccc(C(C)C)cc1.I. The number of aryl methyl sites for hydroxylation is 1. The van der Waals surface area contributed by atoms with Crippen molar-refractivity contribution in [3.63, 3.8) is 0 Å². The lowest BCUT2D eigenvalue weighted by Crippen LogP contribution is -2.38. The quantitative estimate of drug-likeness (QED) is 0.209. The number of hydrogen-bond acceptors (Lipinski definition) is 3. The van der Waals surface area contributed by atoms with Gasteiger partial charge in [0.05, 0.1) is 13.2 Å². The van der Waals surface area contributed by atoms with Gasteiger partial charge in [-0.15, -0.1) is 24.0 Å². The van der Waals surface area contributed by atoms with Crippen LogP contribution in [0.5, 0.6) is 0 Å². The summed E-state index contributed by atoms with van der Waals surface area (Å²) in [7, 11) is 3.48. The molecule has 26 heavy (non-hydrogen) atoms. The van der Waals surface area contributed by atoms with Gasteiger partial charge in [-0.1, -0.05) is 38.1 Å². The van der Waals surface area contributed by atoms with Gasteiger partial charge in [0.2, 0.25) is 0 Å². The van der Waals surface area contributed by atoms with Crippen LogP contribution in [0.2, 0.25) is 0 Å². The van der Waals surface area contributed by atoms with Gasteiger partial charge in [0, 0.05) is 33.9 Å². The van der Waals surface area contributed by atoms with E-state index in [1.54, 1.807) is 14.2 Å². The molecule has 1 rings (SSSR count). The molecular weight excluding hydrogens is 441 g/mol. The van der Waals surface area contributed by atoms with E-state index >= 15 is 0 Å². The summed E-state index contributed by atoms with van der Waals surface area (Å²) in [5, 5.41) is 6.67. The van der Waals surface area contributed by atoms with Crippen molar-refractivity contribution in [2.75, 3.05) is 47.1 Å². The van der Waals surface area contributed by atoms with Crippen LogP contribution in [0.3, 0.4) is 0 Å². The van der Waals surface area contributed by atoms with Crippen LogP contribution in [0.1, 0.15) is 43.7 Å². The highest BCUT2D eigenvalue weighted by atomic mass is 127. The molecule has 6 heteroatoms. The summed E-state index contributed by atoms with van der Waals surface area (Å²) in [6, 6.07) is 8.96. The molecule has 0 spiro atoms. The van der Waals surface area contributed by atoms with Crippen LogP contribution in [0.4, 0.5) is 0 Å². The molecule has 0 atom stereocenters. The second-order valence-corrected chi connectivity index (χ2v) is 6.38. The number of guanidine groups is 1. The highest BCUT2D eigenvalue weighted by Gasteiger charge is 2.00. The predicted octanol–water partition coefficient (Wildman–Crippen LogP) is 3.58. The molecule has 0 heterocycles. The lowest BCUT2D eigenvalue weighted by atomic mass is 10.0. The first-order chi connectivity index (χ1) is 12.2. The highest BCUT2D eigenvalue weighted by Crippen LogP contribution is 2.15. The van der Waals surface area contributed by atoms with Crippen molar-refractivity contribution in [2.24, 2.45) is 4.99 Å². The van der Waals surface area contributed by atoms with Crippen LogP contribution >= 0.6 is 24.0 Å². The third-order valence-corrected chi connectivity index (χ3v) is 3.99. The van der Waals surface area contributed by atoms with Gasteiger partial charge in [0.25, 0.3) is 0 Å². The molecule has 2 N–H and O–H groups in total. The minimum Gasteiger partial charge on any atom is -0.382 e. The minimum atomic E-state index is 0. The Morgan fingerprint density at radius 3 is 2.23 bits per heavy atom. The molecule has 0 aliphatic heterocycles. The molecular formula is C20H36IN3O2. The zero-order valence-electron chi connectivity index (χ0n) is 16.7. The van der Waals surface area contributed by atoms with E-state index in [0.29, 0.717) is 19.1 Å². The number of ether oxygens (including phenoxy) is 2. The fourth-order valence-corrected chi connectivity index (χ4v) is 2.41. The molecule has 0 bridgehead atoms. The second kappa shape index (κ2) is 16.3. The van der Waals surface area contributed by atoms with Crippen LogP contribution < -0.4 is 10.6 Å². The predicted molar refractivity (Wildman–Crippen MR) is 121 cm³/mol. The van der Waals surface area contributed by atoms with Crippen molar-refractivity contribution in [3.8, 4) is 0 Å². The van der Waals surface area contributed by atoms with E-state index in [9.17, 15) is 0 Å². The fourth-order valence-electron chi connectivity index (χ4n) is 2.41. The Labute approximate surface area is 176 Å². The molecule has 0 radical (unpaired) electrons. The highest BCUT2D eigenvalue weighted by molar-refractivity contribution is 14.0. The Balaban J connectivity index is 0.00000625. The maximum Gasteiger partial charge on any atom is 0.190 e. The first kappa shape index (κ1) is 25.1. The lowest BCUT2D eigenvalue weighted by Gasteiger charge is -2.12. The first-order valence-corrected chi connectivity index (χ1v) is 9.27. The Kier molecular flexibility index (Phi) is 15.8. The third kappa shape index (κ3) is 11.7. The average Bonchev–Trinajstić information content (AvgIpc) is 2.63. The van der Waals surface area contributed by atoms with Crippen molar-refractivity contribution in [2.45, 2.75) is 39.0 Å². The largest absolute Gasteiger partial charge is 0.382 e. The van der Waals surface area contributed by atoms with Crippen molar-refractivity contribution in [1.29, 1.82) is 0 Å². The van der Waals surface area contributed by atoms with Crippen molar-refractivity contribution in [3.05, 3.63) is 35.4 Å². The molecule has 1 aromatic carbocycles. The molecule has 150 valence electrons. The van der Waals surface area contributed by atoms with Gasteiger partial charge in [0.15, 0.2) is 5.96 Å². The number of halogens is 1. The van der Waals surface area contributed by atoms with Gasteiger partial charge in [0.1, 0.15) is 0 Å². The van der Waals surface area contributed by atoms with Crippen molar-refractivity contribution < 1.29 is 9.47 Å². The van der Waals surface area contributed by atoms with E-state index < -0.39 is 0 Å². The summed E-state index contributed by atoms with van der Waals surface area (Å²) in [5.74, 6) is 1.45. The molecule has 0 aliphatic carbocycles. The molecule has 0 aromatic heterocycles. The van der Waals surface area contributed by atoms with E-state index in [4.69, 9.17) is 9.47 Å². The Bertz CT molecular complexity index is 478. The van der Waals surface area contributed by atoms with Gasteiger partial charge in [-0.25, -0.2) is 0 Å². The summed E-state index contributed by atoms with van der Waals surface area (Å²) in [4.78, 5) is 4.24. The second-order valence-electron chi connectivity index (χ2n) is 6.38. The first-order valence-electron chi connectivity index (χ1n) is 9.27. The van der Waals surface area contributed by atoms with Gasteiger partial charge < -0.3 is 20.1 Å². The van der Waals surface area contributed by atoms with Crippen LogP contribution in [-0.4, -0.2) is 53.0 Å². The normalized spacial score (nSPS) is 11.3. The minimum absolute atomic E-state index is 0. The van der Waals surface area contributed by atoms with E-state index in [1.165, 1.54) is 11.1 Å². The van der Waals surface area contributed by atoms with E-state index in [-0.39, 0.29) is 24.0 Å². The van der Waals surface area contributed by atoms with Crippen LogP contribution in [0, 0.1) is 0 Å². The summed E-state index contributed by atoms with van der Waals surface area (Å²) in [6.07, 6.45) is 3.12. The molecule has 1 aromatic rings. The number of nitrogens with one attached hydrogen (secondary N) is 2. The van der Waals surface area contributed by atoms with Crippen LogP contribution in [-0.2, 0) is 15.9 Å². The molecule has 0 saturated heterocycles. The molecule has 0 amide bonds. The van der Waals surface area contributed by atoms with Gasteiger partial charge in [-0.3, -0.25) is 4.99 Å². The summed E-state index contributed by atoms with van der Waals surface area (Å²) in [6.45, 7) is 8.25. The zero-order valence-corrected chi connectivity index (χ0v) is 19.0. The van der Waals surface area contributed by atoms with Gasteiger partial charge >= 0.3 is 0 Å². The number of nitrogens with zero attached hydrogens (tertiary/aromatic N) is 1. The van der Waals surface area contributed by atoms with E-state index in [0.717, 1.165) is 44.9 Å². The molecule has 0 unspecified atom stereocenters. The lowest BCUT2D eigenvalue weighted by molar-refractivity contribution is 0.0698. The summed E-state index contributed by atoms with van der Waals surface area (Å²) < 4.78 is 10.4. The molecule has 0 fully saturated rings. The Morgan fingerprint density at radius 2 is 1.65 bits per heavy atom.